The predicted octanol–water partition coefficient (Wildman–Crippen LogP) is 4.97. The van der Waals surface area contributed by atoms with Gasteiger partial charge < -0.3 is 5.32 Å². The second-order valence-corrected chi connectivity index (χ2v) is 5.53. The first kappa shape index (κ1) is 14.3. The number of nitrogens with one attached hydrogen (secondary N) is 1. The van der Waals surface area contributed by atoms with E-state index in [9.17, 15) is 4.79 Å². The van der Waals surface area contributed by atoms with E-state index in [0.29, 0.717) is 15.6 Å². The maximum Gasteiger partial charge on any atom is 0.257 e. The second kappa shape index (κ2) is 6.33. The van der Waals surface area contributed by atoms with Crippen molar-refractivity contribution in [3.05, 3.63) is 58.1 Å². The predicted molar refractivity (Wildman–Crippen MR) is 82.6 cm³/mol. The summed E-state index contributed by atoms with van der Waals surface area (Å²) in [6, 6.07) is 12.4. The van der Waals surface area contributed by atoms with Crippen molar-refractivity contribution in [1.29, 1.82) is 0 Å². The summed E-state index contributed by atoms with van der Waals surface area (Å²) in [6.45, 7) is 0. The number of carbonyl (C=O) groups is 1. The van der Waals surface area contributed by atoms with Crippen molar-refractivity contribution in [2.75, 3.05) is 11.6 Å². The van der Waals surface area contributed by atoms with E-state index in [2.05, 4.69) is 5.32 Å². The Morgan fingerprint density at radius 3 is 2.37 bits per heavy atom. The van der Waals surface area contributed by atoms with Crippen molar-refractivity contribution >= 4 is 46.6 Å². The quantitative estimate of drug-likeness (QED) is 0.811. The van der Waals surface area contributed by atoms with E-state index in [4.69, 9.17) is 23.2 Å². The molecule has 2 nitrogen and oxygen atoms in total. The van der Waals surface area contributed by atoms with Gasteiger partial charge in [0.25, 0.3) is 5.91 Å². The van der Waals surface area contributed by atoms with Crippen LogP contribution in [0.15, 0.2) is 47.4 Å². The van der Waals surface area contributed by atoms with Crippen LogP contribution in [-0.2, 0) is 0 Å². The van der Waals surface area contributed by atoms with Crippen LogP contribution in [0.2, 0.25) is 10.0 Å². The molecule has 2 aromatic carbocycles. The Morgan fingerprint density at radius 1 is 1.11 bits per heavy atom. The van der Waals surface area contributed by atoms with Crippen molar-refractivity contribution in [2.45, 2.75) is 4.90 Å². The highest BCUT2D eigenvalue weighted by molar-refractivity contribution is 7.98. The van der Waals surface area contributed by atoms with E-state index < -0.39 is 0 Å². The normalized spacial score (nSPS) is 10.3. The van der Waals surface area contributed by atoms with Crippen LogP contribution in [0.5, 0.6) is 0 Å². The van der Waals surface area contributed by atoms with Crippen molar-refractivity contribution in [3.63, 3.8) is 0 Å². The Balaban J connectivity index is 2.15. The standard InChI is InChI=1S/C14H11Cl2NOS/c1-19-11-5-3-10(4-6-11)17-14(18)12-7-2-9(15)8-13(12)16/h2-8H,1H3,(H,17,18). The first-order valence-electron chi connectivity index (χ1n) is 5.50. The van der Waals surface area contributed by atoms with Gasteiger partial charge in [-0.3, -0.25) is 4.79 Å². The third kappa shape index (κ3) is 3.66. The molecule has 0 saturated heterocycles. The number of rotatable bonds is 3. The average molecular weight is 312 g/mol. The molecule has 0 radical (unpaired) electrons. The van der Waals surface area contributed by atoms with Crippen LogP contribution < -0.4 is 5.32 Å². The van der Waals surface area contributed by atoms with Gasteiger partial charge in [0.15, 0.2) is 0 Å². The molecule has 19 heavy (non-hydrogen) atoms. The molecule has 0 aromatic heterocycles. The molecule has 0 fully saturated rings. The monoisotopic (exact) mass is 311 g/mol. The first-order chi connectivity index (χ1) is 9.10. The summed E-state index contributed by atoms with van der Waals surface area (Å²) in [4.78, 5) is 13.2. The zero-order chi connectivity index (χ0) is 13.8. The lowest BCUT2D eigenvalue weighted by Gasteiger charge is -2.07. The second-order valence-electron chi connectivity index (χ2n) is 3.81. The van der Waals surface area contributed by atoms with E-state index in [1.165, 1.54) is 0 Å². The largest absolute Gasteiger partial charge is 0.322 e. The van der Waals surface area contributed by atoms with Gasteiger partial charge in [0.2, 0.25) is 0 Å². The summed E-state index contributed by atoms with van der Waals surface area (Å²) in [5.41, 5.74) is 1.13. The molecule has 1 amide bonds. The van der Waals surface area contributed by atoms with Crippen molar-refractivity contribution in [2.24, 2.45) is 0 Å². The van der Waals surface area contributed by atoms with Crippen LogP contribution in [0.1, 0.15) is 10.4 Å². The number of hydrogen-bond donors (Lipinski definition) is 1. The van der Waals surface area contributed by atoms with Gasteiger partial charge in [-0.25, -0.2) is 0 Å². The summed E-state index contributed by atoms with van der Waals surface area (Å²) in [6.07, 6.45) is 2.00. The van der Waals surface area contributed by atoms with Gasteiger partial charge in [-0.05, 0) is 48.7 Å². The first-order valence-corrected chi connectivity index (χ1v) is 7.48. The number of anilines is 1. The SMILES string of the molecule is CSc1ccc(NC(=O)c2ccc(Cl)cc2Cl)cc1. The van der Waals surface area contributed by atoms with Gasteiger partial charge in [-0.2, -0.15) is 0 Å². The molecule has 2 rings (SSSR count). The molecule has 0 atom stereocenters. The van der Waals surface area contributed by atoms with Gasteiger partial charge in [-0.15, -0.1) is 11.8 Å². The fraction of sp³-hybridized carbons (Fsp3) is 0.0714. The van der Waals surface area contributed by atoms with E-state index in [1.54, 1.807) is 30.0 Å². The number of benzene rings is 2. The Bertz CT molecular complexity index is 599. The molecule has 0 bridgehead atoms. The zero-order valence-electron chi connectivity index (χ0n) is 10.1. The number of halogens is 2. The summed E-state index contributed by atoms with van der Waals surface area (Å²) in [5, 5.41) is 3.64. The number of carbonyl (C=O) groups excluding carboxylic acids is 1. The summed E-state index contributed by atoms with van der Waals surface area (Å²) >= 11 is 13.4. The fourth-order valence-electron chi connectivity index (χ4n) is 1.55. The minimum absolute atomic E-state index is 0.251. The molecule has 0 unspecified atom stereocenters. The third-order valence-electron chi connectivity index (χ3n) is 2.52. The lowest BCUT2D eigenvalue weighted by atomic mass is 10.2. The Hall–Kier alpha value is -1.16. The van der Waals surface area contributed by atoms with Crippen LogP contribution in [0, 0.1) is 0 Å². The molecule has 1 N–H and O–H groups in total. The molecule has 0 aliphatic heterocycles. The van der Waals surface area contributed by atoms with Crippen LogP contribution in [0.4, 0.5) is 5.69 Å². The van der Waals surface area contributed by atoms with Crippen LogP contribution in [0.3, 0.4) is 0 Å². The van der Waals surface area contributed by atoms with Crippen molar-refractivity contribution < 1.29 is 4.79 Å². The van der Waals surface area contributed by atoms with Crippen LogP contribution in [-0.4, -0.2) is 12.2 Å². The average Bonchev–Trinajstić information content (AvgIpc) is 2.39. The van der Waals surface area contributed by atoms with E-state index >= 15 is 0 Å². The molecular weight excluding hydrogens is 301 g/mol. The van der Waals surface area contributed by atoms with E-state index in [-0.39, 0.29) is 5.91 Å². The highest BCUT2D eigenvalue weighted by Crippen LogP contribution is 2.23. The number of hydrogen-bond acceptors (Lipinski definition) is 2. The van der Waals surface area contributed by atoms with E-state index in [0.717, 1.165) is 10.6 Å². The molecule has 98 valence electrons. The molecule has 5 heteroatoms. The topological polar surface area (TPSA) is 29.1 Å². The minimum atomic E-state index is -0.251. The summed E-state index contributed by atoms with van der Waals surface area (Å²) in [7, 11) is 0. The van der Waals surface area contributed by atoms with Gasteiger partial charge in [0.05, 0.1) is 10.6 Å². The lowest BCUT2D eigenvalue weighted by Crippen LogP contribution is -2.12. The Labute approximate surface area is 126 Å². The van der Waals surface area contributed by atoms with Gasteiger partial charge in [-0.1, -0.05) is 23.2 Å². The van der Waals surface area contributed by atoms with Gasteiger partial charge in [0.1, 0.15) is 0 Å². The number of thioether (sulfide) groups is 1. The highest BCUT2D eigenvalue weighted by atomic mass is 35.5. The molecular formula is C14H11Cl2NOS. The Morgan fingerprint density at radius 2 is 1.79 bits per heavy atom. The summed E-state index contributed by atoms with van der Waals surface area (Å²) < 4.78 is 0. The minimum Gasteiger partial charge on any atom is -0.322 e. The summed E-state index contributed by atoms with van der Waals surface area (Å²) in [5.74, 6) is -0.251. The van der Waals surface area contributed by atoms with Crippen LogP contribution in [0.25, 0.3) is 0 Å². The lowest BCUT2D eigenvalue weighted by molar-refractivity contribution is 0.102. The van der Waals surface area contributed by atoms with Gasteiger partial charge in [0, 0.05) is 15.6 Å². The molecule has 0 spiro atoms. The maximum absolute atomic E-state index is 12.1. The van der Waals surface area contributed by atoms with Gasteiger partial charge >= 0.3 is 0 Å². The fourth-order valence-corrected chi connectivity index (χ4v) is 2.45. The Kier molecular flexibility index (Phi) is 4.75. The number of amides is 1. The van der Waals surface area contributed by atoms with Crippen molar-refractivity contribution in [1.82, 2.24) is 0 Å². The zero-order valence-corrected chi connectivity index (χ0v) is 12.4. The molecule has 2 aromatic rings. The molecule has 0 aliphatic carbocycles. The molecule has 0 saturated carbocycles. The van der Waals surface area contributed by atoms with E-state index in [1.807, 2.05) is 30.5 Å². The van der Waals surface area contributed by atoms with Crippen LogP contribution >= 0.6 is 35.0 Å². The molecule has 0 heterocycles. The highest BCUT2D eigenvalue weighted by Gasteiger charge is 2.10. The maximum atomic E-state index is 12.1. The smallest absolute Gasteiger partial charge is 0.257 e. The molecule has 0 aliphatic rings. The van der Waals surface area contributed by atoms with Crippen molar-refractivity contribution in [3.8, 4) is 0 Å². The third-order valence-corrected chi connectivity index (χ3v) is 3.82.